The van der Waals surface area contributed by atoms with Crippen molar-refractivity contribution in [3.8, 4) is 0 Å². The first-order valence-corrected chi connectivity index (χ1v) is 7.90. The maximum absolute atomic E-state index is 12.4. The summed E-state index contributed by atoms with van der Waals surface area (Å²) in [5.74, 6) is 0. The molecule has 0 saturated carbocycles. The van der Waals surface area contributed by atoms with Gasteiger partial charge in [0.05, 0.1) is 25.0 Å². The molecule has 1 aliphatic heterocycles. The highest BCUT2D eigenvalue weighted by molar-refractivity contribution is 7.80. The molecule has 5 nitrogen and oxygen atoms in total. The van der Waals surface area contributed by atoms with Crippen LogP contribution in [0.25, 0.3) is 0 Å². The summed E-state index contributed by atoms with van der Waals surface area (Å²) in [6.07, 6.45) is -2.92. The van der Waals surface area contributed by atoms with Gasteiger partial charge in [0.1, 0.15) is 0 Å². The predicted molar refractivity (Wildman–Crippen MR) is 90.0 cm³/mol. The Labute approximate surface area is 143 Å². The Morgan fingerprint density at radius 2 is 1.92 bits per heavy atom. The predicted octanol–water partition coefficient (Wildman–Crippen LogP) is 1.84. The number of hydrogen-bond acceptors (Lipinski definition) is 4. The molecule has 1 heterocycles. The molecule has 1 saturated heterocycles. The molecule has 0 spiro atoms. The Kier molecular flexibility index (Phi) is 6.95. The van der Waals surface area contributed by atoms with Gasteiger partial charge in [-0.2, -0.15) is 18.3 Å². The summed E-state index contributed by atoms with van der Waals surface area (Å²) < 4.78 is 42.6. The van der Waals surface area contributed by atoms with Crippen LogP contribution in [0.1, 0.15) is 11.1 Å². The SMILES string of the molecule is FC(F)(F)c1ccc(/C=N\NC(=S)NCCN2CCOCC2)cc1. The second-order valence-corrected chi connectivity index (χ2v) is 5.61. The van der Waals surface area contributed by atoms with E-state index in [-0.39, 0.29) is 0 Å². The molecule has 0 radical (unpaired) electrons. The third-order valence-electron chi connectivity index (χ3n) is 3.44. The fourth-order valence-corrected chi connectivity index (χ4v) is 2.27. The van der Waals surface area contributed by atoms with Crippen molar-refractivity contribution in [3.05, 3.63) is 35.4 Å². The molecule has 1 aliphatic rings. The molecule has 1 aromatic rings. The van der Waals surface area contributed by atoms with E-state index in [2.05, 4.69) is 20.7 Å². The van der Waals surface area contributed by atoms with Gasteiger partial charge in [0.2, 0.25) is 0 Å². The van der Waals surface area contributed by atoms with E-state index in [9.17, 15) is 13.2 Å². The van der Waals surface area contributed by atoms with Crippen molar-refractivity contribution < 1.29 is 17.9 Å². The number of rotatable bonds is 5. The minimum Gasteiger partial charge on any atom is -0.379 e. The second-order valence-electron chi connectivity index (χ2n) is 5.20. The number of hydrogen-bond donors (Lipinski definition) is 2. The molecule has 1 fully saturated rings. The van der Waals surface area contributed by atoms with Crippen molar-refractivity contribution in [1.82, 2.24) is 15.6 Å². The standard InChI is InChI=1S/C15H19F3N4OS/c16-15(17,18)13-3-1-12(2-4-13)11-20-21-14(24)19-5-6-22-7-9-23-10-8-22/h1-4,11H,5-10H2,(H2,19,21,24)/b20-11-. The van der Waals surface area contributed by atoms with Crippen molar-refractivity contribution in [1.29, 1.82) is 0 Å². The smallest absolute Gasteiger partial charge is 0.379 e. The van der Waals surface area contributed by atoms with Crippen LogP contribution in [0.3, 0.4) is 0 Å². The molecular weight excluding hydrogens is 341 g/mol. The summed E-state index contributed by atoms with van der Waals surface area (Å²) in [6, 6.07) is 4.73. The normalized spacial score (nSPS) is 16.3. The molecule has 0 bridgehead atoms. The van der Waals surface area contributed by atoms with Crippen LogP contribution in [0, 0.1) is 0 Å². The maximum atomic E-state index is 12.4. The van der Waals surface area contributed by atoms with E-state index < -0.39 is 11.7 Å². The van der Waals surface area contributed by atoms with E-state index in [1.54, 1.807) is 0 Å². The number of hydrazone groups is 1. The second kappa shape index (κ2) is 8.95. The van der Waals surface area contributed by atoms with Crippen molar-refractivity contribution in [3.63, 3.8) is 0 Å². The number of nitrogens with one attached hydrogen (secondary N) is 2. The Morgan fingerprint density at radius 1 is 1.25 bits per heavy atom. The van der Waals surface area contributed by atoms with E-state index in [0.29, 0.717) is 17.2 Å². The molecule has 2 N–H and O–H groups in total. The van der Waals surface area contributed by atoms with Gasteiger partial charge in [0.15, 0.2) is 5.11 Å². The zero-order chi connectivity index (χ0) is 17.4. The van der Waals surface area contributed by atoms with Crippen LogP contribution in [-0.4, -0.2) is 55.6 Å². The van der Waals surface area contributed by atoms with Crippen LogP contribution in [0.5, 0.6) is 0 Å². The van der Waals surface area contributed by atoms with Crippen LogP contribution in [0.15, 0.2) is 29.4 Å². The largest absolute Gasteiger partial charge is 0.416 e. The van der Waals surface area contributed by atoms with Gasteiger partial charge in [-0.25, -0.2) is 0 Å². The quantitative estimate of drug-likeness (QED) is 0.477. The molecule has 0 unspecified atom stereocenters. The van der Waals surface area contributed by atoms with Crippen LogP contribution in [0.4, 0.5) is 13.2 Å². The zero-order valence-electron chi connectivity index (χ0n) is 13.0. The van der Waals surface area contributed by atoms with E-state index in [1.807, 2.05) is 0 Å². The first-order valence-electron chi connectivity index (χ1n) is 7.49. The van der Waals surface area contributed by atoms with Crippen LogP contribution >= 0.6 is 12.2 Å². The highest BCUT2D eigenvalue weighted by Crippen LogP contribution is 2.28. The van der Waals surface area contributed by atoms with Crippen LogP contribution < -0.4 is 10.7 Å². The highest BCUT2D eigenvalue weighted by Gasteiger charge is 2.29. The maximum Gasteiger partial charge on any atom is 0.416 e. The summed E-state index contributed by atoms with van der Waals surface area (Å²) >= 11 is 5.08. The fourth-order valence-electron chi connectivity index (χ4n) is 2.12. The van der Waals surface area contributed by atoms with Crippen molar-refractivity contribution in [2.45, 2.75) is 6.18 Å². The van der Waals surface area contributed by atoms with Gasteiger partial charge in [-0.15, -0.1) is 0 Å². The number of ether oxygens (including phenoxy) is 1. The average Bonchev–Trinajstić information content (AvgIpc) is 2.55. The lowest BCUT2D eigenvalue weighted by atomic mass is 10.1. The van der Waals surface area contributed by atoms with Crippen molar-refractivity contribution in [2.24, 2.45) is 5.10 Å². The molecule has 0 aliphatic carbocycles. The first-order chi connectivity index (χ1) is 11.4. The molecule has 0 aromatic heterocycles. The summed E-state index contributed by atoms with van der Waals surface area (Å²) in [4.78, 5) is 2.27. The summed E-state index contributed by atoms with van der Waals surface area (Å²) in [5.41, 5.74) is 2.50. The molecule has 9 heteroatoms. The van der Waals surface area contributed by atoms with Crippen LogP contribution in [-0.2, 0) is 10.9 Å². The van der Waals surface area contributed by atoms with Crippen molar-refractivity contribution >= 4 is 23.5 Å². The molecule has 0 amide bonds. The number of benzene rings is 1. The number of thiocarbonyl (C=S) groups is 1. The summed E-state index contributed by atoms with van der Waals surface area (Å²) in [7, 11) is 0. The van der Waals surface area contributed by atoms with Gasteiger partial charge in [0, 0.05) is 26.2 Å². The minimum absolute atomic E-state index is 0.367. The van der Waals surface area contributed by atoms with E-state index in [4.69, 9.17) is 17.0 Å². The molecule has 1 aromatic carbocycles. The van der Waals surface area contributed by atoms with Gasteiger partial charge in [0.25, 0.3) is 0 Å². The first kappa shape index (κ1) is 18.6. The number of nitrogens with zero attached hydrogens (tertiary/aromatic N) is 2. The number of morpholine rings is 1. The molecule has 2 rings (SSSR count). The van der Waals surface area contributed by atoms with Crippen molar-refractivity contribution in [2.75, 3.05) is 39.4 Å². The van der Waals surface area contributed by atoms with E-state index in [1.165, 1.54) is 18.3 Å². The van der Waals surface area contributed by atoms with E-state index >= 15 is 0 Å². The Bertz CT molecular complexity index is 557. The van der Waals surface area contributed by atoms with Gasteiger partial charge in [-0.1, -0.05) is 12.1 Å². The number of alkyl halides is 3. The summed E-state index contributed by atoms with van der Waals surface area (Å²) in [5, 5.41) is 7.29. The molecule has 132 valence electrons. The summed E-state index contributed by atoms with van der Waals surface area (Å²) in [6.45, 7) is 4.86. The van der Waals surface area contributed by atoms with Crippen LogP contribution in [0.2, 0.25) is 0 Å². The van der Waals surface area contributed by atoms with E-state index in [0.717, 1.165) is 45.0 Å². The molecular formula is C15H19F3N4OS. The lowest BCUT2D eigenvalue weighted by Gasteiger charge is -2.26. The van der Waals surface area contributed by atoms with Gasteiger partial charge in [-0.3, -0.25) is 10.3 Å². The Morgan fingerprint density at radius 3 is 2.54 bits per heavy atom. The minimum atomic E-state index is -4.33. The lowest BCUT2D eigenvalue weighted by Crippen LogP contribution is -2.42. The lowest BCUT2D eigenvalue weighted by molar-refractivity contribution is -0.137. The van der Waals surface area contributed by atoms with Gasteiger partial charge >= 0.3 is 6.18 Å². The monoisotopic (exact) mass is 360 g/mol. The zero-order valence-corrected chi connectivity index (χ0v) is 13.8. The molecule has 24 heavy (non-hydrogen) atoms. The number of halogens is 3. The molecule has 0 atom stereocenters. The van der Waals surface area contributed by atoms with Gasteiger partial charge < -0.3 is 10.1 Å². The Balaban J connectivity index is 1.68. The third kappa shape index (κ3) is 6.42. The Hall–Kier alpha value is -1.71. The average molecular weight is 360 g/mol. The highest BCUT2D eigenvalue weighted by atomic mass is 32.1. The van der Waals surface area contributed by atoms with Gasteiger partial charge in [-0.05, 0) is 29.9 Å². The topological polar surface area (TPSA) is 48.9 Å². The fraction of sp³-hybridized carbons (Fsp3) is 0.467. The third-order valence-corrected chi connectivity index (χ3v) is 3.67.